The van der Waals surface area contributed by atoms with Gasteiger partial charge in [-0.05, 0) is 23.8 Å². The maximum absolute atomic E-state index is 14.0. The topological polar surface area (TPSA) is 81.7 Å². The fourth-order valence-electron chi connectivity index (χ4n) is 1.92. The summed E-state index contributed by atoms with van der Waals surface area (Å²) >= 11 is 0. The Morgan fingerprint density at radius 2 is 1.76 bits per heavy atom. The van der Waals surface area contributed by atoms with E-state index in [1.54, 1.807) is 29.0 Å². The first-order valence-corrected chi connectivity index (χ1v) is 8.85. The molecule has 0 atom stereocenters. The van der Waals surface area contributed by atoms with Crippen molar-refractivity contribution in [3.8, 4) is 11.5 Å². The lowest BCUT2D eigenvalue weighted by Gasteiger charge is -2.10. The standard InChI is InChI=1S/C16H15F2NO5S/c1-23-11-5-3-10(4-6-11)9-24-15-8-13(17)12(7-14(15)18)16(20)19-25(2,21)22/h3-8H,9H2,1-2H3,(H,19,20). The number of rotatable bonds is 6. The highest BCUT2D eigenvalue weighted by Crippen LogP contribution is 2.23. The van der Waals surface area contributed by atoms with Crippen LogP contribution in [0.25, 0.3) is 0 Å². The molecular formula is C16H15F2NO5S. The maximum atomic E-state index is 14.0. The summed E-state index contributed by atoms with van der Waals surface area (Å²) in [7, 11) is -2.37. The van der Waals surface area contributed by atoms with Gasteiger partial charge in [0, 0.05) is 6.07 Å². The zero-order valence-corrected chi connectivity index (χ0v) is 14.2. The zero-order chi connectivity index (χ0) is 18.6. The van der Waals surface area contributed by atoms with E-state index in [-0.39, 0.29) is 6.61 Å². The number of halogens is 2. The molecule has 0 bridgehead atoms. The van der Waals surface area contributed by atoms with E-state index in [1.807, 2.05) is 0 Å². The molecule has 2 aromatic rings. The van der Waals surface area contributed by atoms with Gasteiger partial charge in [0.25, 0.3) is 5.91 Å². The third-order valence-corrected chi connectivity index (χ3v) is 3.65. The number of benzene rings is 2. The zero-order valence-electron chi connectivity index (χ0n) is 13.4. The van der Waals surface area contributed by atoms with Crippen LogP contribution in [0, 0.1) is 11.6 Å². The van der Waals surface area contributed by atoms with Crippen molar-refractivity contribution in [3.63, 3.8) is 0 Å². The van der Waals surface area contributed by atoms with Crippen LogP contribution in [0.5, 0.6) is 11.5 Å². The summed E-state index contributed by atoms with van der Waals surface area (Å²) in [6, 6.07) is 8.04. The van der Waals surface area contributed by atoms with Crippen molar-refractivity contribution in [1.29, 1.82) is 0 Å². The number of hydrogen-bond acceptors (Lipinski definition) is 5. The highest BCUT2D eigenvalue weighted by molar-refractivity contribution is 7.89. The second-order valence-electron chi connectivity index (χ2n) is 5.10. The van der Waals surface area contributed by atoms with Gasteiger partial charge in [0.15, 0.2) is 11.6 Å². The molecule has 2 rings (SSSR count). The van der Waals surface area contributed by atoms with Gasteiger partial charge in [0.1, 0.15) is 18.2 Å². The number of carbonyl (C=O) groups is 1. The average Bonchev–Trinajstić information content (AvgIpc) is 2.54. The highest BCUT2D eigenvalue weighted by atomic mass is 32.2. The first kappa shape index (κ1) is 18.7. The van der Waals surface area contributed by atoms with E-state index in [9.17, 15) is 22.0 Å². The second kappa shape index (κ2) is 7.47. The summed E-state index contributed by atoms with van der Waals surface area (Å²) in [6.07, 6.45) is 0.728. The molecule has 1 amide bonds. The van der Waals surface area contributed by atoms with Crippen LogP contribution in [0.15, 0.2) is 36.4 Å². The number of ether oxygens (including phenoxy) is 2. The number of methoxy groups -OCH3 is 1. The first-order valence-electron chi connectivity index (χ1n) is 6.96. The molecule has 0 saturated heterocycles. The molecule has 9 heteroatoms. The Bertz CT molecular complexity index is 882. The molecule has 0 aliphatic heterocycles. The quantitative estimate of drug-likeness (QED) is 0.842. The molecular weight excluding hydrogens is 356 g/mol. The van der Waals surface area contributed by atoms with Gasteiger partial charge in [-0.3, -0.25) is 4.79 Å². The van der Waals surface area contributed by atoms with Crippen LogP contribution < -0.4 is 14.2 Å². The molecule has 6 nitrogen and oxygen atoms in total. The van der Waals surface area contributed by atoms with Crippen LogP contribution >= 0.6 is 0 Å². The summed E-state index contributed by atoms with van der Waals surface area (Å²) in [4.78, 5) is 11.6. The minimum absolute atomic E-state index is 0.0325. The molecule has 25 heavy (non-hydrogen) atoms. The van der Waals surface area contributed by atoms with Crippen molar-refractivity contribution < 1.29 is 31.5 Å². The number of hydrogen-bond donors (Lipinski definition) is 1. The third kappa shape index (κ3) is 5.15. The van der Waals surface area contributed by atoms with Gasteiger partial charge in [-0.25, -0.2) is 21.9 Å². The van der Waals surface area contributed by atoms with E-state index >= 15 is 0 Å². The average molecular weight is 371 g/mol. The van der Waals surface area contributed by atoms with E-state index < -0.39 is 38.9 Å². The summed E-state index contributed by atoms with van der Waals surface area (Å²) < 4.78 is 61.7. The molecule has 1 N–H and O–H groups in total. The van der Waals surface area contributed by atoms with Crippen LogP contribution in [0.4, 0.5) is 8.78 Å². The van der Waals surface area contributed by atoms with Crippen LogP contribution in [0.3, 0.4) is 0 Å². The van der Waals surface area contributed by atoms with Gasteiger partial charge in [0.05, 0.1) is 18.9 Å². The van der Waals surface area contributed by atoms with Crippen LogP contribution in [-0.4, -0.2) is 27.7 Å². The number of amides is 1. The van der Waals surface area contributed by atoms with Gasteiger partial charge >= 0.3 is 0 Å². The summed E-state index contributed by atoms with van der Waals surface area (Å²) in [5, 5.41) is 0. The molecule has 0 spiro atoms. The lowest BCUT2D eigenvalue weighted by atomic mass is 10.2. The second-order valence-corrected chi connectivity index (χ2v) is 6.85. The number of carbonyl (C=O) groups excluding carboxylic acids is 1. The minimum Gasteiger partial charge on any atom is -0.497 e. The predicted molar refractivity (Wildman–Crippen MR) is 86.0 cm³/mol. The lowest BCUT2D eigenvalue weighted by Crippen LogP contribution is -2.30. The first-order chi connectivity index (χ1) is 11.7. The smallest absolute Gasteiger partial charge is 0.267 e. The van der Waals surface area contributed by atoms with Gasteiger partial charge < -0.3 is 9.47 Å². The van der Waals surface area contributed by atoms with Crippen LogP contribution in [0.2, 0.25) is 0 Å². The Morgan fingerprint density at radius 3 is 2.32 bits per heavy atom. The Morgan fingerprint density at radius 1 is 1.12 bits per heavy atom. The third-order valence-electron chi connectivity index (χ3n) is 3.10. The van der Waals surface area contributed by atoms with Crippen molar-refractivity contribution in [2.45, 2.75) is 6.61 Å². The van der Waals surface area contributed by atoms with Gasteiger partial charge in [-0.15, -0.1) is 0 Å². The van der Waals surface area contributed by atoms with Crippen LogP contribution in [-0.2, 0) is 16.6 Å². The van der Waals surface area contributed by atoms with Crippen LogP contribution in [0.1, 0.15) is 15.9 Å². The fourth-order valence-corrected chi connectivity index (χ4v) is 2.37. The molecule has 0 fully saturated rings. The van der Waals surface area contributed by atoms with E-state index in [0.717, 1.165) is 6.26 Å². The van der Waals surface area contributed by atoms with Crippen molar-refractivity contribution in [2.24, 2.45) is 0 Å². The molecule has 0 heterocycles. The fraction of sp³-hybridized carbons (Fsp3) is 0.188. The molecule has 0 radical (unpaired) electrons. The molecule has 0 aliphatic rings. The molecule has 134 valence electrons. The Kier molecular flexibility index (Phi) is 5.58. The number of sulfonamides is 1. The molecule has 0 saturated carbocycles. The highest BCUT2D eigenvalue weighted by Gasteiger charge is 2.19. The van der Waals surface area contributed by atoms with Gasteiger partial charge in [0.2, 0.25) is 10.0 Å². The maximum Gasteiger partial charge on any atom is 0.267 e. The largest absolute Gasteiger partial charge is 0.497 e. The normalized spacial score (nSPS) is 11.0. The van der Waals surface area contributed by atoms with E-state index in [2.05, 4.69) is 0 Å². The minimum atomic E-state index is -3.89. The Hall–Kier alpha value is -2.68. The van der Waals surface area contributed by atoms with Gasteiger partial charge in [-0.1, -0.05) is 12.1 Å². The van der Waals surface area contributed by atoms with E-state index in [4.69, 9.17) is 9.47 Å². The van der Waals surface area contributed by atoms with Gasteiger partial charge in [-0.2, -0.15) is 0 Å². The Balaban J connectivity index is 2.14. The summed E-state index contributed by atoms with van der Waals surface area (Å²) in [5.74, 6) is -3.12. The van der Waals surface area contributed by atoms with Crippen molar-refractivity contribution in [1.82, 2.24) is 4.72 Å². The van der Waals surface area contributed by atoms with E-state index in [1.165, 1.54) is 7.11 Å². The summed E-state index contributed by atoms with van der Waals surface area (Å²) in [5.41, 5.74) is -0.0424. The van der Waals surface area contributed by atoms with Crippen molar-refractivity contribution in [2.75, 3.05) is 13.4 Å². The SMILES string of the molecule is COc1ccc(COc2cc(F)c(C(=O)NS(C)(=O)=O)cc2F)cc1. The molecule has 2 aromatic carbocycles. The lowest BCUT2D eigenvalue weighted by molar-refractivity contribution is 0.0977. The van der Waals surface area contributed by atoms with E-state index in [0.29, 0.717) is 23.4 Å². The van der Waals surface area contributed by atoms with Crippen molar-refractivity contribution >= 4 is 15.9 Å². The summed E-state index contributed by atoms with van der Waals surface area (Å²) in [6.45, 7) is -0.0325. The number of nitrogens with one attached hydrogen (secondary N) is 1. The predicted octanol–water partition coefficient (Wildman–Crippen LogP) is 2.24. The van der Waals surface area contributed by atoms with Crippen molar-refractivity contribution in [3.05, 3.63) is 59.2 Å². The monoisotopic (exact) mass is 371 g/mol. The Labute approximate surface area is 143 Å². The molecule has 0 aliphatic carbocycles. The molecule has 0 unspecified atom stereocenters. The molecule has 0 aromatic heterocycles.